The van der Waals surface area contributed by atoms with Crippen molar-refractivity contribution in [1.82, 2.24) is 10.2 Å². The first-order valence-electron chi connectivity index (χ1n) is 6.89. The lowest BCUT2D eigenvalue weighted by molar-refractivity contribution is 0.0689. The molecule has 1 rings (SSSR count). The molecule has 1 aliphatic rings. The SMILES string of the molecule is CCN1CCC(NCCCOCCOC)CC1. The lowest BCUT2D eigenvalue weighted by atomic mass is 10.1. The van der Waals surface area contributed by atoms with E-state index in [2.05, 4.69) is 17.1 Å². The molecule has 4 nitrogen and oxygen atoms in total. The Bertz CT molecular complexity index is 171. The van der Waals surface area contributed by atoms with Gasteiger partial charge in [-0.2, -0.15) is 0 Å². The molecule has 0 bridgehead atoms. The fourth-order valence-electron chi connectivity index (χ4n) is 2.18. The molecule has 1 aliphatic heterocycles. The Hall–Kier alpha value is -0.160. The number of nitrogens with zero attached hydrogens (tertiary/aromatic N) is 1. The van der Waals surface area contributed by atoms with Crippen molar-refractivity contribution in [2.75, 3.05) is 53.1 Å². The Morgan fingerprint density at radius 2 is 1.94 bits per heavy atom. The Morgan fingerprint density at radius 1 is 1.18 bits per heavy atom. The molecule has 4 heteroatoms. The first kappa shape index (κ1) is 14.9. The molecular weight excluding hydrogens is 216 g/mol. The summed E-state index contributed by atoms with van der Waals surface area (Å²) in [5.41, 5.74) is 0. The first-order valence-corrected chi connectivity index (χ1v) is 6.89. The molecule has 0 aromatic rings. The van der Waals surface area contributed by atoms with Gasteiger partial charge in [-0.15, -0.1) is 0 Å². The Balaban J connectivity index is 1.87. The molecule has 102 valence electrons. The number of nitrogens with one attached hydrogen (secondary N) is 1. The lowest BCUT2D eigenvalue weighted by Gasteiger charge is -2.31. The minimum atomic E-state index is 0.697. The van der Waals surface area contributed by atoms with Gasteiger partial charge in [0.2, 0.25) is 0 Å². The number of hydrogen-bond donors (Lipinski definition) is 1. The van der Waals surface area contributed by atoms with Crippen molar-refractivity contribution in [2.24, 2.45) is 0 Å². The van der Waals surface area contributed by atoms with Crippen LogP contribution in [0.5, 0.6) is 0 Å². The molecule has 0 spiro atoms. The van der Waals surface area contributed by atoms with Crippen LogP contribution in [0.4, 0.5) is 0 Å². The standard InChI is InChI=1S/C13H28N2O2/c1-3-15-8-5-13(6-9-15)14-7-4-10-17-12-11-16-2/h13-14H,3-12H2,1-2H3. The van der Waals surface area contributed by atoms with Gasteiger partial charge in [0.25, 0.3) is 0 Å². The molecule has 0 aromatic carbocycles. The maximum absolute atomic E-state index is 5.42. The third-order valence-electron chi connectivity index (χ3n) is 3.37. The number of rotatable bonds is 9. The summed E-state index contributed by atoms with van der Waals surface area (Å²) in [5.74, 6) is 0. The summed E-state index contributed by atoms with van der Waals surface area (Å²) in [6, 6.07) is 0.719. The fourth-order valence-corrected chi connectivity index (χ4v) is 2.18. The number of likely N-dealkylation sites (tertiary alicyclic amines) is 1. The van der Waals surface area contributed by atoms with Gasteiger partial charge in [0.15, 0.2) is 0 Å². The number of ether oxygens (including phenoxy) is 2. The van der Waals surface area contributed by atoms with E-state index < -0.39 is 0 Å². The second-order valence-corrected chi connectivity index (χ2v) is 4.62. The fraction of sp³-hybridized carbons (Fsp3) is 1.00. The van der Waals surface area contributed by atoms with Gasteiger partial charge in [0.1, 0.15) is 0 Å². The molecule has 0 aromatic heterocycles. The second-order valence-electron chi connectivity index (χ2n) is 4.62. The monoisotopic (exact) mass is 244 g/mol. The zero-order chi connectivity index (χ0) is 12.3. The van der Waals surface area contributed by atoms with Gasteiger partial charge in [-0.05, 0) is 45.4 Å². The lowest BCUT2D eigenvalue weighted by Crippen LogP contribution is -2.42. The van der Waals surface area contributed by atoms with Crippen LogP contribution in [0.2, 0.25) is 0 Å². The maximum Gasteiger partial charge on any atom is 0.0700 e. The van der Waals surface area contributed by atoms with Crippen molar-refractivity contribution in [3.63, 3.8) is 0 Å². The van der Waals surface area contributed by atoms with E-state index in [-0.39, 0.29) is 0 Å². The van der Waals surface area contributed by atoms with Crippen molar-refractivity contribution < 1.29 is 9.47 Å². The van der Waals surface area contributed by atoms with Crippen molar-refractivity contribution in [3.8, 4) is 0 Å². The third-order valence-corrected chi connectivity index (χ3v) is 3.37. The summed E-state index contributed by atoms with van der Waals surface area (Å²) >= 11 is 0. The van der Waals surface area contributed by atoms with Crippen molar-refractivity contribution in [1.29, 1.82) is 0 Å². The van der Waals surface area contributed by atoms with Crippen LogP contribution in [-0.4, -0.2) is 64.1 Å². The summed E-state index contributed by atoms with van der Waals surface area (Å²) in [6.07, 6.45) is 3.68. The van der Waals surface area contributed by atoms with Crippen LogP contribution in [-0.2, 0) is 9.47 Å². The minimum absolute atomic E-state index is 0.697. The van der Waals surface area contributed by atoms with Crippen LogP contribution in [0.1, 0.15) is 26.2 Å². The van der Waals surface area contributed by atoms with Crippen LogP contribution < -0.4 is 5.32 Å². The predicted molar refractivity (Wildman–Crippen MR) is 70.5 cm³/mol. The van der Waals surface area contributed by atoms with Gasteiger partial charge < -0.3 is 19.7 Å². The van der Waals surface area contributed by atoms with Crippen LogP contribution >= 0.6 is 0 Å². The van der Waals surface area contributed by atoms with E-state index in [1.165, 1.54) is 32.5 Å². The molecule has 0 saturated carbocycles. The first-order chi connectivity index (χ1) is 8.36. The van der Waals surface area contributed by atoms with Crippen molar-refractivity contribution in [2.45, 2.75) is 32.2 Å². The van der Waals surface area contributed by atoms with Crippen LogP contribution in [0.3, 0.4) is 0 Å². The molecule has 1 N–H and O–H groups in total. The predicted octanol–water partition coefficient (Wildman–Crippen LogP) is 1.11. The van der Waals surface area contributed by atoms with Gasteiger partial charge in [-0.25, -0.2) is 0 Å². The molecule has 0 aliphatic carbocycles. The Labute approximate surface area is 106 Å². The molecular formula is C13H28N2O2. The highest BCUT2D eigenvalue weighted by atomic mass is 16.5. The largest absolute Gasteiger partial charge is 0.382 e. The zero-order valence-corrected chi connectivity index (χ0v) is 11.4. The summed E-state index contributed by atoms with van der Waals surface area (Å²) < 4.78 is 10.3. The molecule has 0 radical (unpaired) electrons. The average molecular weight is 244 g/mol. The zero-order valence-electron chi connectivity index (χ0n) is 11.4. The number of hydrogen-bond acceptors (Lipinski definition) is 4. The molecule has 1 fully saturated rings. The molecule has 0 unspecified atom stereocenters. The van der Waals surface area contributed by atoms with Crippen molar-refractivity contribution >= 4 is 0 Å². The van der Waals surface area contributed by atoms with Gasteiger partial charge in [-0.3, -0.25) is 0 Å². The average Bonchev–Trinajstić information content (AvgIpc) is 2.38. The Kier molecular flexibility index (Phi) is 8.61. The van der Waals surface area contributed by atoms with Gasteiger partial charge in [0.05, 0.1) is 13.2 Å². The highest BCUT2D eigenvalue weighted by Gasteiger charge is 2.16. The van der Waals surface area contributed by atoms with Crippen molar-refractivity contribution in [3.05, 3.63) is 0 Å². The minimum Gasteiger partial charge on any atom is -0.382 e. The number of methoxy groups -OCH3 is 1. The van der Waals surface area contributed by atoms with E-state index in [1.807, 2.05) is 0 Å². The molecule has 1 saturated heterocycles. The summed E-state index contributed by atoms with van der Waals surface area (Å²) in [6.45, 7) is 9.25. The molecule has 0 atom stereocenters. The maximum atomic E-state index is 5.42. The van der Waals surface area contributed by atoms with E-state index in [9.17, 15) is 0 Å². The van der Waals surface area contributed by atoms with E-state index in [1.54, 1.807) is 7.11 Å². The Morgan fingerprint density at radius 3 is 2.59 bits per heavy atom. The van der Waals surface area contributed by atoms with E-state index in [4.69, 9.17) is 9.47 Å². The van der Waals surface area contributed by atoms with Crippen LogP contribution in [0, 0.1) is 0 Å². The van der Waals surface area contributed by atoms with Gasteiger partial charge >= 0.3 is 0 Å². The summed E-state index contributed by atoms with van der Waals surface area (Å²) in [7, 11) is 1.70. The van der Waals surface area contributed by atoms with Gasteiger partial charge in [-0.1, -0.05) is 6.92 Å². The molecule has 1 heterocycles. The summed E-state index contributed by atoms with van der Waals surface area (Å²) in [5, 5.41) is 3.62. The number of piperidine rings is 1. The van der Waals surface area contributed by atoms with E-state index in [0.717, 1.165) is 25.6 Å². The van der Waals surface area contributed by atoms with Crippen LogP contribution in [0.25, 0.3) is 0 Å². The van der Waals surface area contributed by atoms with Crippen LogP contribution in [0.15, 0.2) is 0 Å². The quantitative estimate of drug-likeness (QED) is 0.616. The normalized spacial score (nSPS) is 18.7. The van der Waals surface area contributed by atoms with E-state index in [0.29, 0.717) is 13.2 Å². The van der Waals surface area contributed by atoms with E-state index >= 15 is 0 Å². The summed E-state index contributed by atoms with van der Waals surface area (Å²) in [4.78, 5) is 2.52. The third kappa shape index (κ3) is 6.99. The van der Waals surface area contributed by atoms with Gasteiger partial charge in [0, 0.05) is 19.8 Å². The highest BCUT2D eigenvalue weighted by Crippen LogP contribution is 2.09. The topological polar surface area (TPSA) is 33.7 Å². The molecule has 17 heavy (non-hydrogen) atoms. The second kappa shape index (κ2) is 9.83. The highest BCUT2D eigenvalue weighted by molar-refractivity contribution is 4.76. The molecule has 0 amide bonds. The smallest absolute Gasteiger partial charge is 0.0700 e.